The first kappa shape index (κ1) is 22.1. The lowest BCUT2D eigenvalue weighted by Gasteiger charge is -2.20. The Kier molecular flexibility index (Phi) is 8.18. The molecule has 1 N–H and O–H groups in total. The Labute approximate surface area is 168 Å². The van der Waals surface area contributed by atoms with Gasteiger partial charge < -0.3 is 9.84 Å². The van der Waals surface area contributed by atoms with Crippen molar-refractivity contribution in [1.29, 1.82) is 0 Å². The normalized spacial score (nSPS) is 11.8. The molecule has 1 amide bonds. The third kappa shape index (κ3) is 6.75. The summed E-state index contributed by atoms with van der Waals surface area (Å²) in [6.07, 6.45) is 1.76. The molecular formula is C22H34N4O2. The third-order valence-electron chi connectivity index (χ3n) is 4.82. The molecule has 1 aromatic heterocycles. The summed E-state index contributed by atoms with van der Waals surface area (Å²) in [4.78, 5) is 19.0. The zero-order chi connectivity index (χ0) is 20.6. The number of benzene rings is 1. The Morgan fingerprint density at radius 3 is 2.43 bits per heavy atom. The van der Waals surface area contributed by atoms with Crippen molar-refractivity contribution in [2.24, 2.45) is 0 Å². The van der Waals surface area contributed by atoms with Crippen molar-refractivity contribution in [3.05, 3.63) is 47.1 Å². The molecule has 0 aliphatic heterocycles. The van der Waals surface area contributed by atoms with E-state index in [1.807, 2.05) is 26.8 Å². The smallest absolute Gasteiger partial charge is 0.226 e. The van der Waals surface area contributed by atoms with Gasteiger partial charge in [0.05, 0.1) is 0 Å². The quantitative estimate of drug-likeness (QED) is 0.671. The minimum absolute atomic E-state index is 0.0493. The number of amides is 1. The van der Waals surface area contributed by atoms with Crippen LogP contribution < -0.4 is 5.32 Å². The van der Waals surface area contributed by atoms with Gasteiger partial charge in [0.15, 0.2) is 5.82 Å². The fourth-order valence-electron chi connectivity index (χ4n) is 2.92. The number of aryl methyl sites for hydroxylation is 1. The van der Waals surface area contributed by atoms with E-state index in [4.69, 9.17) is 4.52 Å². The number of aromatic nitrogens is 2. The zero-order valence-electron chi connectivity index (χ0n) is 17.9. The average molecular weight is 387 g/mol. The second kappa shape index (κ2) is 10.4. The van der Waals surface area contributed by atoms with Gasteiger partial charge in [0.2, 0.25) is 11.8 Å². The molecule has 0 spiro atoms. The molecule has 1 aromatic carbocycles. The van der Waals surface area contributed by atoms with Gasteiger partial charge >= 0.3 is 0 Å². The largest absolute Gasteiger partial charge is 0.352 e. The number of nitrogens with zero attached hydrogens (tertiary/aromatic N) is 3. The molecule has 6 heteroatoms. The topological polar surface area (TPSA) is 71.3 Å². The fraction of sp³-hybridized carbons (Fsp3) is 0.591. The van der Waals surface area contributed by atoms with Crippen molar-refractivity contribution in [2.75, 3.05) is 13.1 Å². The minimum Gasteiger partial charge on any atom is -0.352 e. The summed E-state index contributed by atoms with van der Waals surface area (Å²) >= 11 is 0. The van der Waals surface area contributed by atoms with E-state index in [0.717, 1.165) is 19.6 Å². The highest BCUT2D eigenvalue weighted by Crippen LogP contribution is 2.19. The SMILES string of the molecule is CCN(CC)Cc1ccccc1CNC(=O)CCCc1nc(C(C)(C)C)no1. The molecular weight excluding hydrogens is 352 g/mol. The molecule has 0 aliphatic carbocycles. The lowest BCUT2D eigenvalue weighted by molar-refractivity contribution is -0.121. The van der Waals surface area contributed by atoms with Crippen LogP contribution in [0.5, 0.6) is 0 Å². The van der Waals surface area contributed by atoms with Crippen molar-refractivity contribution >= 4 is 5.91 Å². The van der Waals surface area contributed by atoms with Crippen molar-refractivity contribution in [3.8, 4) is 0 Å². The van der Waals surface area contributed by atoms with Crippen molar-refractivity contribution in [2.45, 2.75) is 72.4 Å². The van der Waals surface area contributed by atoms with Gasteiger partial charge in [-0.1, -0.05) is 64.0 Å². The van der Waals surface area contributed by atoms with Crippen LogP contribution in [0.1, 0.15) is 70.3 Å². The van der Waals surface area contributed by atoms with E-state index in [1.54, 1.807) is 0 Å². The lowest BCUT2D eigenvalue weighted by atomic mass is 9.96. The van der Waals surface area contributed by atoms with Crippen LogP contribution in [0, 0.1) is 0 Å². The number of carbonyl (C=O) groups is 1. The first-order valence-electron chi connectivity index (χ1n) is 10.2. The lowest BCUT2D eigenvalue weighted by Crippen LogP contribution is -2.26. The Morgan fingerprint density at radius 2 is 1.82 bits per heavy atom. The van der Waals surface area contributed by atoms with Gasteiger partial charge in [-0.3, -0.25) is 9.69 Å². The first-order chi connectivity index (χ1) is 13.3. The highest BCUT2D eigenvalue weighted by molar-refractivity contribution is 5.75. The molecule has 0 radical (unpaired) electrons. The Bertz CT molecular complexity index is 745. The molecule has 0 unspecified atom stereocenters. The summed E-state index contributed by atoms with van der Waals surface area (Å²) in [6.45, 7) is 14.0. The number of carbonyl (C=O) groups excluding carboxylic acids is 1. The maximum atomic E-state index is 12.2. The van der Waals surface area contributed by atoms with Gasteiger partial charge in [0.1, 0.15) is 0 Å². The number of hydrogen-bond donors (Lipinski definition) is 1. The van der Waals surface area contributed by atoms with Crippen LogP contribution in [-0.4, -0.2) is 34.0 Å². The van der Waals surface area contributed by atoms with E-state index in [9.17, 15) is 4.79 Å². The predicted octanol–water partition coefficient (Wildman–Crippen LogP) is 3.85. The van der Waals surface area contributed by atoms with Gasteiger partial charge in [0.25, 0.3) is 0 Å². The maximum Gasteiger partial charge on any atom is 0.226 e. The van der Waals surface area contributed by atoms with Crippen molar-refractivity contribution < 1.29 is 9.32 Å². The molecule has 0 saturated heterocycles. The fourth-order valence-corrected chi connectivity index (χ4v) is 2.92. The summed E-state index contributed by atoms with van der Waals surface area (Å²) in [5, 5.41) is 7.06. The standard InChI is InChI=1S/C22H34N4O2/c1-6-26(7-2)16-18-12-9-8-11-17(18)15-23-19(27)13-10-14-20-24-21(25-28-20)22(3,4)5/h8-9,11-12H,6-7,10,13-16H2,1-5H3,(H,23,27). The van der Waals surface area contributed by atoms with Crippen LogP contribution in [0.25, 0.3) is 0 Å². The van der Waals surface area contributed by atoms with Crippen molar-refractivity contribution in [3.63, 3.8) is 0 Å². The van der Waals surface area contributed by atoms with Crippen molar-refractivity contribution in [1.82, 2.24) is 20.4 Å². The molecule has 0 fully saturated rings. The molecule has 2 rings (SSSR count). The third-order valence-corrected chi connectivity index (χ3v) is 4.82. The van der Waals surface area contributed by atoms with Gasteiger partial charge in [-0.25, -0.2) is 0 Å². The summed E-state index contributed by atoms with van der Waals surface area (Å²) in [7, 11) is 0. The summed E-state index contributed by atoms with van der Waals surface area (Å²) in [5.41, 5.74) is 2.32. The second-order valence-electron chi connectivity index (χ2n) is 8.12. The predicted molar refractivity (Wildman–Crippen MR) is 111 cm³/mol. The van der Waals surface area contributed by atoms with Gasteiger partial charge in [-0.05, 0) is 30.6 Å². The summed E-state index contributed by atoms with van der Waals surface area (Å²) < 4.78 is 5.28. The Balaban J connectivity index is 1.79. The average Bonchev–Trinajstić information content (AvgIpc) is 3.14. The van der Waals surface area contributed by atoms with Crippen LogP contribution in [0.4, 0.5) is 0 Å². The summed E-state index contributed by atoms with van der Waals surface area (Å²) in [6, 6.07) is 8.31. The highest BCUT2D eigenvalue weighted by Gasteiger charge is 2.20. The minimum atomic E-state index is -0.127. The van der Waals surface area contributed by atoms with Crippen LogP contribution in [0.15, 0.2) is 28.8 Å². The number of nitrogens with one attached hydrogen (secondary N) is 1. The highest BCUT2D eigenvalue weighted by atomic mass is 16.5. The van der Waals surface area contributed by atoms with Gasteiger partial charge in [0, 0.05) is 31.3 Å². The molecule has 154 valence electrons. The molecule has 6 nitrogen and oxygen atoms in total. The molecule has 0 bridgehead atoms. The molecule has 0 saturated carbocycles. The number of hydrogen-bond acceptors (Lipinski definition) is 5. The second-order valence-corrected chi connectivity index (χ2v) is 8.12. The van der Waals surface area contributed by atoms with Gasteiger partial charge in [-0.15, -0.1) is 0 Å². The maximum absolute atomic E-state index is 12.2. The van der Waals surface area contributed by atoms with Crippen LogP contribution in [-0.2, 0) is 29.7 Å². The zero-order valence-corrected chi connectivity index (χ0v) is 17.9. The van der Waals surface area contributed by atoms with E-state index in [0.29, 0.717) is 37.5 Å². The Hall–Kier alpha value is -2.21. The monoisotopic (exact) mass is 386 g/mol. The van der Waals surface area contributed by atoms with E-state index in [-0.39, 0.29) is 11.3 Å². The van der Waals surface area contributed by atoms with E-state index >= 15 is 0 Å². The van der Waals surface area contributed by atoms with Crippen LogP contribution in [0.3, 0.4) is 0 Å². The molecule has 0 aliphatic rings. The van der Waals surface area contributed by atoms with Crippen LogP contribution >= 0.6 is 0 Å². The number of rotatable bonds is 10. The van der Waals surface area contributed by atoms with E-state index in [2.05, 4.69) is 52.4 Å². The summed E-state index contributed by atoms with van der Waals surface area (Å²) in [5.74, 6) is 1.35. The van der Waals surface area contributed by atoms with E-state index < -0.39 is 0 Å². The van der Waals surface area contributed by atoms with E-state index in [1.165, 1.54) is 11.1 Å². The first-order valence-corrected chi connectivity index (χ1v) is 10.2. The molecule has 0 atom stereocenters. The Morgan fingerprint density at radius 1 is 1.14 bits per heavy atom. The van der Waals surface area contributed by atoms with Gasteiger partial charge in [-0.2, -0.15) is 4.98 Å². The van der Waals surface area contributed by atoms with Crippen LogP contribution in [0.2, 0.25) is 0 Å². The molecule has 2 aromatic rings. The molecule has 28 heavy (non-hydrogen) atoms. The molecule has 1 heterocycles.